The lowest BCUT2D eigenvalue weighted by atomic mass is 9.99. The second-order valence-corrected chi connectivity index (χ2v) is 12.2. The van der Waals surface area contributed by atoms with Crippen LogP contribution in [0.4, 0.5) is 5.69 Å². The number of para-hydroxylation sites is 3. The number of nitriles is 2. The summed E-state index contributed by atoms with van der Waals surface area (Å²) in [6, 6.07) is 39.9. The lowest BCUT2D eigenvalue weighted by molar-refractivity contribution is 1.08. The molecule has 0 amide bonds. The van der Waals surface area contributed by atoms with Crippen LogP contribution >= 0.6 is 0 Å². The lowest BCUT2D eigenvalue weighted by Gasteiger charge is -2.23. The molecule has 234 valence electrons. The van der Waals surface area contributed by atoms with E-state index in [-0.39, 0.29) is 16.8 Å². The number of fused-ring (bicyclic) bond motifs is 9. The average Bonchev–Trinajstić information content (AvgIpc) is 3.82. The van der Waals surface area contributed by atoms with E-state index in [1.807, 2.05) is 123 Å². The molecule has 0 atom stereocenters. The second kappa shape index (κ2) is 10.6. The van der Waals surface area contributed by atoms with Gasteiger partial charge in [0.15, 0.2) is 0 Å². The molecule has 9 heteroatoms. The minimum atomic E-state index is 0.156. The Labute approximate surface area is 289 Å². The van der Waals surface area contributed by atoms with E-state index in [9.17, 15) is 10.5 Å². The van der Waals surface area contributed by atoms with Gasteiger partial charge in [0, 0.05) is 34.7 Å². The Morgan fingerprint density at radius 3 is 1.14 bits per heavy atom. The average molecular weight is 652 g/mol. The Morgan fingerprint density at radius 2 is 0.784 bits per heavy atom. The highest BCUT2D eigenvalue weighted by molar-refractivity contribution is 6.12. The molecule has 0 aliphatic heterocycles. The SMILES string of the molecule is [C-]#[N+]c1c(-n2c3ccccc3c3ncccc32)c(C#N)c(-n2c3ccccc3c3ncccc32)c(C#N)c1-n1c2ccccc2c2ncccc21. The smallest absolute Gasteiger partial charge is 0.236 e. The van der Waals surface area contributed by atoms with Crippen molar-refractivity contribution in [1.29, 1.82) is 10.5 Å². The standard InChI is InChI=1S/C42H21N9/c1-45-39-41(50-31-15-6-3-12-26(31)37-34(50)18-9-21-47-37)28(23-43)40(49-30-14-5-2-11-25(30)36-33(49)17-8-20-46-36)29(24-44)42(39)51-32-16-7-4-13-27(32)38-35(51)19-10-22-48-38/h2-22H. The predicted octanol–water partition coefficient (Wildman–Crippen LogP) is 9.46. The largest absolute Gasteiger partial charge is 0.316 e. The number of nitrogens with zero attached hydrogens (tertiary/aromatic N) is 9. The van der Waals surface area contributed by atoms with Crippen LogP contribution in [0.15, 0.2) is 128 Å². The highest BCUT2D eigenvalue weighted by Crippen LogP contribution is 2.48. The van der Waals surface area contributed by atoms with Crippen LogP contribution < -0.4 is 0 Å². The first kappa shape index (κ1) is 28.2. The van der Waals surface area contributed by atoms with Crippen LogP contribution in [0.2, 0.25) is 0 Å². The topological polar surface area (TPSA) is 105 Å². The number of benzene rings is 4. The fraction of sp³-hybridized carbons (Fsp3) is 0. The Balaban J connectivity index is 1.53. The van der Waals surface area contributed by atoms with Crippen molar-refractivity contribution in [3.63, 3.8) is 0 Å². The first-order valence-electron chi connectivity index (χ1n) is 16.2. The number of hydrogen-bond donors (Lipinski definition) is 0. The van der Waals surface area contributed by atoms with Gasteiger partial charge in [-0.3, -0.25) is 15.0 Å². The van der Waals surface area contributed by atoms with Gasteiger partial charge in [-0.25, -0.2) is 4.85 Å². The summed E-state index contributed by atoms with van der Waals surface area (Å²) in [4.78, 5) is 18.5. The van der Waals surface area contributed by atoms with Crippen molar-refractivity contribution in [3.05, 3.63) is 150 Å². The van der Waals surface area contributed by atoms with Crippen molar-refractivity contribution in [2.24, 2.45) is 0 Å². The van der Waals surface area contributed by atoms with E-state index < -0.39 is 0 Å². The van der Waals surface area contributed by atoms with Crippen LogP contribution in [0.1, 0.15) is 11.1 Å². The summed E-state index contributed by atoms with van der Waals surface area (Å²) in [5.41, 5.74) is 8.34. The number of hydrogen-bond acceptors (Lipinski definition) is 5. The molecular weight excluding hydrogens is 631 g/mol. The molecule has 10 aromatic rings. The van der Waals surface area contributed by atoms with Crippen LogP contribution in [0.5, 0.6) is 0 Å². The van der Waals surface area contributed by atoms with Gasteiger partial charge in [-0.1, -0.05) is 54.6 Å². The van der Waals surface area contributed by atoms with Gasteiger partial charge in [0.25, 0.3) is 0 Å². The maximum Gasteiger partial charge on any atom is 0.236 e. The van der Waals surface area contributed by atoms with Crippen LogP contribution in [0.3, 0.4) is 0 Å². The quantitative estimate of drug-likeness (QED) is 0.177. The van der Waals surface area contributed by atoms with Crippen molar-refractivity contribution in [2.45, 2.75) is 0 Å². The molecule has 6 heterocycles. The van der Waals surface area contributed by atoms with Gasteiger partial charge in [-0.15, -0.1) is 0 Å². The zero-order valence-electron chi connectivity index (χ0n) is 26.6. The Hall–Kier alpha value is -7.80. The van der Waals surface area contributed by atoms with Gasteiger partial charge in [-0.05, 0) is 54.6 Å². The van der Waals surface area contributed by atoms with Gasteiger partial charge < -0.3 is 13.7 Å². The van der Waals surface area contributed by atoms with Crippen molar-refractivity contribution >= 4 is 71.5 Å². The third-order valence-electron chi connectivity index (χ3n) is 9.68. The van der Waals surface area contributed by atoms with E-state index in [2.05, 4.69) is 17.0 Å². The van der Waals surface area contributed by atoms with Gasteiger partial charge in [0.1, 0.15) is 12.1 Å². The summed E-state index contributed by atoms with van der Waals surface area (Å²) < 4.78 is 5.86. The first-order chi connectivity index (χ1) is 25.2. The molecule has 0 aliphatic rings. The summed E-state index contributed by atoms with van der Waals surface area (Å²) in [5, 5.41) is 25.3. The molecule has 0 spiro atoms. The molecule has 10 rings (SSSR count). The van der Waals surface area contributed by atoms with E-state index in [0.717, 1.165) is 65.8 Å². The molecule has 0 saturated carbocycles. The second-order valence-electron chi connectivity index (χ2n) is 12.2. The molecule has 0 aliphatic carbocycles. The molecule has 0 saturated heterocycles. The number of aromatic nitrogens is 6. The Bertz CT molecular complexity index is 2720. The zero-order valence-corrected chi connectivity index (χ0v) is 26.6. The van der Waals surface area contributed by atoms with Gasteiger partial charge >= 0.3 is 0 Å². The maximum absolute atomic E-state index is 11.4. The molecule has 0 radical (unpaired) electrons. The monoisotopic (exact) mass is 651 g/mol. The summed E-state index contributed by atoms with van der Waals surface area (Å²) in [6.07, 6.45) is 5.22. The number of pyridine rings is 3. The van der Waals surface area contributed by atoms with Crippen LogP contribution in [-0.4, -0.2) is 28.7 Å². The fourth-order valence-electron chi connectivity index (χ4n) is 7.75. The third kappa shape index (κ3) is 3.68. The molecule has 0 unspecified atom stereocenters. The highest BCUT2D eigenvalue weighted by atomic mass is 15.1. The normalized spacial score (nSPS) is 11.5. The molecule has 0 bridgehead atoms. The maximum atomic E-state index is 11.4. The summed E-state index contributed by atoms with van der Waals surface area (Å²) >= 11 is 0. The molecule has 6 aromatic heterocycles. The Kier molecular flexibility index (Phi) is 5.87. The van der Waals surface area contributed by atoms with E-state index in [1.54, 1.807) is 18.6 Å². The van der Waals surface area contributed by atoms with Crippen molar-refractivity contribution in [1.82, 2.24) is 28.7 Å². The van der Waals surface area contributed by atoms with Crippen LogP contribution in [-0.2, 0) is 0 Å². The predicted molar refractivity (Wildman–Crippen MR) is 199 cm³/mol. The van der Waals surface area contributed by atoms with Gasteiger partial charge in [-0.2, -0.15) is 10.5 Å². The van der Waals surface area contributed by atoms with Crippen LogP contribution in [0, 0.1) is 29.2 Å². The molecule has 51 heavy (non-hydrogen) atoms. The van der Waals surface area contributed by atoms with E-state index in [0.29, 0.717) is 17.1 Å². The Morgan fingerprint density at radius 1 is 0.451 bits per heavy atom. The minimum Gasteiger partial charge on any atom is -0.316 e. The van der Waals surface area contributed by atoms with Crippen LogP contribution in [0.25, 0.3) is 87.7 Å². The highest BCUT2D eigenvalue weighted by Gasteiger charge is 2.32. The fourth-order valence-corrected chi connectivity index (χ4v) is 7.75. The molecule has 0 fully saturated rings. The van der Waals surface area contributed by atoms with E-state index in [4.69, 9.17) is 21.5 Å². The van der Waals surface area contributed by atoms with E-state index in [1.165, 1.54) is 0 Å². The summed E-state index contributed by atoms with van der Waals surface area (Å²) in [6.45, 7) is 8.85. The van der Waals surface area contributed by atoms with E-state index >= 15 is 0 Å². The molecule has 9 nitrogen and oxygen atoms in total. The third-order valence-corrected chi connectivity index (χ3v) is 9.68. The first-order valence-corrected chi connectivity index (χ1v) is 16.2. The van der Waals surface area contributed by atoms with Crippen molar-refractivity contribution in [2.75, 3.05) is 0 Å². The minimum absolute atomic E-state index is 0.156. The number of rotatable bonds is 3. The summed E-state index contributed by atoms with van der Waals surface area (Å²) in [7, 11) is 0. The summed E-state index contributed by atoms with van der Waals surface area (Å²) in [5.74, 6) is 0. The molecule has 4 aromatic carbocycles. The van der Waals surface area contributed by atoms with Crippen molar-refractivity contribution in [3.8, 4) is 29.2 Å². The molecule has 0 N–H and O–H groups in total. The van der Waals surface area contributed by atoms with Gasteiger partial charge in [0.2, 0.25) is 5.69 Å². The van der Waals surface area contributed by atoms with Crippen molar-refractivity contribution < 1.29 is 0 Å². The van der Waals surface area contributed by atoms with Gasteiger partial charge in [0.05, 0.1) is 84.4 Å². The molecular formula is C42H21N9. The lowest BCUT2D eigenvalue weighted by Crippen LogP contribution is -2.11. The zero-order chi connectivity index (χ0) is 34.2.